The Morgan fingerprint density at radius 1 is 0.680 bits per heavy atom. The third-order valence-electron chi connectivity index (χ3n) is 14.0. The number of allylic oxidation sites excluding steroid dienone is 2. The van der Waals surface area contributed by atoms with Crippen molar-refractivity contribution in [2.45, 2.75) is 118 Å². The van der Waals surface area contributed by atoms with Crippen molar-refractivity contribution in [2.75, 3.05) is 52.4 Å². The number of carbonyl (C=O) groups is 9. The molecule has 0 fully saturated rings. The molecule has 3 aliphatic heterocycles. The SMILES string of the molecule is CCCCOC(C)c1c(C)c2cc3nc(c4c5[nH]c(cc6nc(cc1[nH]2)C(C)=C6CC)c(C)c5C(=O)N(CCCC)C4=O)[C@@H](CCC(=O)N(CC(=O)N(CC(=O)O)CC(=O)O)CC(=O)N(CC(=O)O)CC(=O)O)[C@@H]3C. The first-order chi connectivity index (χ1) is 35.5. The predicted molar refractivity (Wildman–Crippen MR) is 273 cm³/mol. The molecule has 6 N–H and O–H groups in total. The Balaban J connectivity index is 1.58. The number of aromatic nitrogens is 4. The molecular weight excluding hydrogens is 973 g/mol. The second kappa shape index (κ2) is 24.1. The van der Waals surface area contributed by atoms with Crippen molar-refractivity contribution in [1.29, 1.82) is 0 Å². The van der Waals surface area contributed by atoms with Crippen molar-refractivity contribution < 1.29 is 68.3 Å². The summed E-state index contributed by atoms with van der Waals surface area (Å²) in [7, 11) is 0. The molecule has 0 radical (unpaired) electrons. The summed E-state index contributed by atoms with van der Waals surface area (Å²) in [5.41, 5.74) is 9.03. The predicted octanol–water partition coefficient (Wildman–Crippen LogP) is 6.04. The molecule has 6 heterocycles. The highest BCUT2D eigenvalue weighted by molar-refractivity contribution is 6.23. The maximum absolute atomic E-state index is 15.1. The average molecular weight is 1040 g/mol. The lowest BCUT2D eigenvalue weighted by Gasteiger charge is -2.29. The van der Waals surface area contributed by atoms with E-state index in [9.17, 15) is 58.8 Å². The van der Waals surface area contributed by atoms with Gasteiger partial charge in [-0.05, 0) is 93.9 Å². The summed E-state index contributed by atoms with van der Waals surface area (Å²) in [6.07, 6.45) is 2.67. The topological polar surface area (TPSA) is 314 Å². The fraction of sp³-hybridized carbons (Fsp3) is 0.491. The Morgan fingerprint density at radius 2 is 1.21 bits per heavy atom. The van der Waals surface area contributed by atoms with Crippen LogP contribution in [0.3, 0.4) is 0 Å². The standard InChI is InChI=1S/C53H66N8O14/c1-9-12-16-61-52(73)48-30(7)37-19-38-32(11-3)27(4)34(54-38)20-39-47(31(8)75-17-13-10-2)29(6)36(55-39)18-35-28(5)33(50(56-35)49(53(61)74)51(48)57-37)14-15-40(62)58(21-41(63)59(23-43(65)66)24-44(67)68)22-42(64)60(25-45(69)70)26-46(71)72/h18-20,28,31,33,55,57H,9-17,21-26H2,1-8H3,(H,65,66)(H,67,68)(H,69,70)(H,71,72)/t28-,31?,33-/m0/s1. The Labute approximate surface area is 432 Å². The highest BCUT2D eigenvalue weighted by Crippen LogP contribution is 2.45. The van der Waals surface area contributed by atoms with Gasteiger partial charge in [0, 0.05) is 59.2 Å². The number of aryl methyl sites for hydroxylation is 2. The highest BCUT2D eigenvalue weighted by atomic mass is 16.5. The van der Waals surface area contributed by atoms with Crippen molar-refractivity contribution in [3.8, 4) is 0 Å². The number of carboxylic acids is 4. The van der Waals surface area contributed by atoms with E-state index in [4.69, 9.17) is 14.7 Å². The summed E-state index contributed by atoms with van der Waals surface area (Å²) >= 11 is 0. The number of carbonyl (C=O) groups excluding carboxylic acids is 5. The van der Waals surface area contributed by atoms with Crippen LogP contribution in [0.15, 0.2) is 18.2 Å². The Kier molecular flexibility index (Phi) is 18.1. The monoisotopic (exact) mass is 1040 g/mol. The van der Waals surface area contributed by atoms with E-state index in [1.165, 1.54) is 4.90 Å². The fourth-order valence-electron chi connectivity index (χ4n) is 9.99. The van der Waals surface area contributed by atoms with Crippen molar-refractivity contribution in [3.63, 3.8) is 0 Å². The van der Waals surface area contributed by atoms with E-state index in [0.717, 1.165) is 46.3 Å². The number of H-pyrrole nitrogens is 2. The fourth-order valence-corrected chi connectivity index (χ4v) is 9.99. The van der Waals surface area contributed by atoms with Gasteiger partial charge in [-0.3, -0.25) is 53.0 Å². The molecule has 0 saturated heterocycles. The van der Waals surface area contributed by atoms with Gasteiger partial charge in [-0.15, -0.1) is 0 Å². The molecule has 402 valence electrons. The minimum Gasteiger partial charge on any atom is -0.480 e. The second-order valence-electron chi connectivity index (χ2n) is 19.2. The number of nitrogens with zero attached hydrogens (tertiary/aromatic N) is 6. The molecule has 22 nitrogen and oxygen atoms in total. The van der Waals surface area contributed by atoms with E-state index < -0.39 is 111 Å². The molecule has 8 bridgehead atoms. The van der Waals surface area contributed by atoms with E-state index in [1.807, 2.05) is 59.7 Å². The van der Waals surface area contributed by atoms with Crippen molar-refractivity contribution >= 4 is 86.6 Å². The number of nitrogens with one attached hydrogen (secondary N) is 2. The zero-order valence-electron chi connectivity index (χ0n) is 43.6. The van der Waals surface area contributed by atoms with Crippen LogP contribution >= 0.6 is 0 Å². The lowest BCUT2D eigenvalue weighted by atomic mass is 9.84. The molecule has 0 aromatic carbocycles. The van der Waals surface area contributed by atoms with Crippen LogP contribution in [0.4, 0.5) is 0 Å². The van der Waals surface area contributed by atoms with Crippen LogP contribution in [0, 0.1) is 13.8 Å². The summed E-state index contributed by atoms with van der Waals surface area (Å²) in [6, 6.07) is 5.75. The molecule has 0 aliphatic carbocycles. The van der Waals surface area contributed by atoms with Gasteiger partial charge in [0.15, 0.2) is 0 Å². The lowest BCUT2D eigenvalue weighted by Crippen LogP contribution is -2.50. The number of rotatable bonds is 24. The first kappa shape index (κ1) is 56.5. The van der Waals surface area contributed by atoms with E-state index >= 15 is 4.79 Å². The number of aromatic amines is 2. The third-order valence-corrected chi connectivity index (χ3v) is 14.0. The summed E-state index contributed by atoms with van der Waals surface area (Å²) < 4.78 is 6.38. The van der Waals surface area contributed by atoms with Gasteiger partial charge < -0.3 is 49.8 Å². The Morgan fingerprint density at radius 3 is 1.76 bits per heavy atom. The van der Waals surface area contributed by atoms with Gasteiger partial charge in [-0.1, -0.05) is 40.5 Å². The van der Waals surface area contributed by atoms with E-state index in [-0.39, 0.29) is 41.4 Å². The zero-order valence-corrected chi connectivity index (χ0v) is 43.6. The summed E-state index contributed by atoms with van der Waals surface area (Å²) in [5.74, 6) is -12.0. The van der Waals surface area contributed by atoms with Crippen LogP contribution in [0.25, 0.3) is 33.2 Å². The molecule has 3 aromatic heterocycles. The number of hydrogen-bond donors (Lipinski definition) is 6. The normalized spacial score (nSPS) is 15.5. The Bertz CT molecular complexity index is 2940. The van der Waals surface area contributed by atoms with Gasteiger partial charge in [0.1, 0.15) is 39.3 Å². The van der Waals surface area contributed by atoms with Crippen molar-refractivity contribution in [3.05, 3.63) is 68.8 Å². The first-order valence-electron chi connectivity index (χ1n) is 25.2. The molecule has 6 rings (SSSR count). The highest BCUT2D eigenvalue weighted by Gasteiger charge is 2.41. The number of aliphatic carboxylic acids is 4. The summed E-state index contributed by atoms with van der Waals surface area (Å²) in [4.78, 5) is 138. The first-order valence-corrected chi connectivity index (χ1v) is 25.2. The maximum Gasteiger partial charge on any atom is 0.323 e. The molecule has 5 amide bonds. The number of unbranched alkanes of at least 4 members (excludes halogenated alkanes) is 2. The minimum absolute atomic E-state index is 0.0975. The summed E-state index contributed by atoms with van der Waals surface area (Å²) in [6.45, 7) is 9.89. The third kappa shape index (κ3) is 12.4. The van der Waals surface area contributed by atoms with Crippen LogP contribution in [0.1, 0.15) is 165 Å². The van der Waals surface area contributed by atoms with Crippen LogP contribution < -0.4 is 0 Å². The van der Waals surface area contributed by atoms with Crippen molar-refractivity contribution in [1.82, 2.24) is 39.5 Å². The van der Waals surface area contributed by atoms with Gasteiger partial charge in [-0.25, -0.2) is 4.98 Å². The number of ether oxygens (including phenoxy) is 1. The molecule has 3 aliphatic rings. The molecule has 22 heteroatoms. The van der Waals surface area contributed by atoms with Crippen LogP contribution in [0.2, 0.25) is 0 Å². The van der Waals surface area contributed by atoms with Gasteiger partial charge in [0.05, 0.1) is 39.8 Å². The van der Waals surface area contributed by atoms with Gasteiger partial charge >= 0.3 is 23.9 Å². The van der Waals surface area contributed by atoms with Crippen LogP contribution in [0.5, 0.6) is 0 Å². The number of fused-ring (bicyclic) bond motifs is 8. The van der Waals surface area contributed by atoms with Crippen LogP contribution in [-0.2, 0) is 38.3 Å². The number of carboxylic acid groups (broad SMARTS) is 4. The number of hydrogen-bond acceptors (Lipinski definition) is 12. The largest absolute Gasteiger partial charge is 0.480 e. The smallest absolute Gasteiger partial charge is 0.323 e. The van der Waals surface area contributed by atoms with E-state index in [2.05, 4.69) is 16.9 Å². The van der Waals surface area contributed by atoms with Gasteiger partial charge in [0.2, 0.25) is 17.7 Å². The average Bonchev–Trinajstić information content (AvgIpc) is 4.02. The van der Waals surface area contributed by atoms with Crippen molar-refractivity contribution in [2.24, 2.45) is 0 Å². The zero-order chi connectivity index (χ0) is 55.2. The van der Waals surface area contributed by atoms with Crippen LogP contribution in [-0.4, -0.2) is 166 Å². The maximum atomic E-state index is 15.1. The Hall–Kier alpha value is -7.75. The van der Waals surface area contributed by atoms with Gasteiger partial charge in [0.25, 0.3) is 11.8 Å². The molecular formula is C53H66N8O14. The summed E-state index contributed by atoms with van der Waals surface area (Å²) in [5, 5.41) is 38.0. The van der Waals surface area contributed by atoms with E-state index in [0.29, 0.717) is 68.6 Å². The molecule has 1 unspecified atom stereocenters. The molecule has 3 atom stereocenters. The van der Waals surface area contributed by atoms with Gasteiger partial charge in [-0.2, -0.15) is 0 Å². The van der Waals surface area contributed by atoms with E-state index in [1.54, 1.807) is 6.92 Å². The molecule has 3 aromatic rings. The number of imide groups is 1. The molecule has 0 saturated carbocycles. The minimum atomic E-state index is -1.58. The second-order valence-corrected chi connectivity index (χ2v) is 19.2. The quantitative estimate of drug-likeness (QED) is 0.0440. The molecule has 75 heavy (non-hydrogen) atoms. The molecule has 0 spiro atoms. The number of amides is 5. The lowest BCUT2D eigenvalue weighted by molar-refractivity contribution is -0.153.